The van der Waals surface area contributed by atoms with Crippen LogP contribution in [0.3, 0.4) is 0 Å². The lowest BCUT2D eigenvalue weighted by atomic mass is 10.1. The number of nitrogens with zero attached hydrogens (tertiary/aromatic N) is 2. The maximum Gasteiger partial charge on any atom is 0.117 e. The monoisotopic (exact) mass is 266 g/mol. The average Bonchev–Trinajstić information content (AvgIpc) is 2.26. The third-order valence-corrected chi connectivity index (χ3v) is 2.88. The number of hydrogen-bond donors (Lipinski definition) is 1. The third-order valence-electron chi connectivity index (χ3n) is 2.55. The Morgan fingerprint density at radius 2 is 1.94 bits per heavy atom. The molecule has 2 nitrogen and oxygen atoms in total. The molecule has 0 unspecified atom stereocenters. The van der Waals surface area contributed by atoms with Crippen LogP contribution in [0.1, 0.15) is 41.0 Å². The van der Waals surface area contributed by atoms with Crippen LogP contribution in [0.25, 0.3) is 0 Å². The molecule has 3 heteroatoms. The summed E-state index contributed by atoms with van der Waals surface area (Å²) in [6, 6.07) is 0. The normalized spacial score (nSPS) is 12.8. The number of rotatable bonds is 7. The van der Waals surface area contributed by atoms with Crippen LogP contribution in [0, 0.1) is 5.92 Å². The maximum absolute atomic E-state index is 4.48. The highest BCUT2D eigenvalue weighted by molar-refractivity contribution is 7.97. The van der Waals surface area contributed by atoms with Crippen LogP contribution >= 0.6 is 12.6 Å². The van der Waals surface area contributed by atoms with Gasteiger partial charge in [-0.3, -0.25) is 0 Å². The summed E-state index contributed by atoms with van der Waals surface area (Å²) in [5.41, 5.74) is 2.85. The van der Waals surface area contributed by atoms with E-state index in [-0.39, 0.29) is 0 Å². The first-order chi connectivity index (χ1) is 8.34. The molecule has 0 aliphatic heterocycles. The molecule has 0 rings (SSSR count). The van der Waals surface area contributed by atoms with Gasteiger partial charge in [0.25, 0.3) is 0 Å². The molecule has 18 heavy (non-hydrogen) atoms. The van der Waals surface area contributed by atoms with Crippen molar-refractivity contribution in [2.24, 2.45) is 10.9 Å². The van der Waals surface area contributed by atoms with Crippen LogP contribution in [-0.2, 0) is 0 Å². The van der Waals surface area contributed by atoms with Crippen molar-refractivity contribution in [1.29, 1.82) is 0 Å². The molecule has 0 aromatic heterocycles. The third kappa shape index (κ3) is 5.13. The SMILES string of the molecule is C=C(C)/N=C(S)/C(=C/C)N(CCC)C(=C)C(C)C. The van der Waals surface area contributed by atoms with Crippen LogP contribution in [0.4, 0.5) is 0 Å². The van der Waals surface area contributed by atoms with Gasteiger partial charge in [-0.05, 0) is 26.2 Å². The lowest BCUT2D eigenvalue weighted by molar-refractivity contribution is 0.400. The standard InChI is InChI=1S/C15H26N2S/c1-8-10-17(13(7)11(3)4)14(9-2)15(18)16-12(5)6/h9,11H,5,7-8,10H2,1-4,6H3,(H,16,18)/b14-9-. The Hall–Kier alpha value is -0.960. The lowest BCUT2D eigenvalue weighted by Crippen LogP contribution is -2.28. The smallest absolute Gasteiger partial charge is 0.117 e. The van der Waals surface area contributed by atoms with E-state index in [1.807, 2.05) is 19.9 Å². The van der Waals surface area contributed by atoms with Gasteiger partial charge in [-0.2, -0.15) is 0 Å². The Balaban J connectivity index is 5.32. The molecular weight excluding hydrogens is 240 g/mol. The average molecular weight is 266 g/mol. The summed E-state index contributed by atoms with van der Waals surface area (Å²) in [5.74, 6) is 0.400. The molecule has 0 saturated heterocycles. The van der Waals surface area contributed by atoms with Crippen molar-refractivity contribution in [2.75, 3.05) is 6.54 Å². The van der Waals surface area contributed by atoms with Crippen molar-refractivity contribution in [3.63, 3.8) is 0 Å². The van der Waals surface area contributed by atoms with E-state index in [2.05, 4.69) is 56.5 Å². The molecule has 0 N–H and O–H groups in total. The zero-order valence-electron chi connectivity index (χ0n) is 12.3. The van der Waals surface area contributed by atoms with Crippen molar-refractivity contribution in [3.05, 3.63) is 36.3 Å². The summed E-state index contributed by atoms with van der Waals surface area (Å²) in [7, 11) is 0. The minimum atomic E-state index is 0.400. The van der Waals surface area contributed by atoms with Gasteiger partial charge >= 0.3 is 0 Å². The lowest BCUT2D eigenvalue weighted by Gasteiger charge is -2.30. The molecule has 0 aromatic rings. The molecule has 0 radical (unpaired) electrons. The quantitative estimate of drug-likeness (QED) is 0.403. The largest absolute Gasteiger partial charge is 0.344 e. The van der Waals surface area contributed by atoms with Crippen molar-refractivity contribution in [2.45, 2.75) is 41.0 Å². The van der Waals surface area contributed by atoms with Crippen molar-refractivity contribution in [1.82, 2.24) is 4.90 Å². The predicted octanol–water partition coefficient (Wildman–Crippen LogP) is 4.63. The van der Waals surface area contributed by atoms with E-state index >= 15 is 0 Å². The van der Waals surface area contributed by atoms with Crippen molar-refractivity contribution < 1.29 is 0 Å². The minimum absolute atomic E-state index is 0.400. The second-order valence-electron chi connectivity index (χ2n) is 4.64. The van der Waals surface area contributed by atoms with Crippen LogP contribution < -0.4 is 0 Å². The van der Waals surface area contributed by atoms with Crippen LogP contribution in [0.15, 0.2) is 41.3 Å². The molecular formula is C15H26N2S. The van der Waals surface area contributed by atoms with Gasteiger partial charge in [0.2, 0.25) is 0 Å². The van der Waals surface area contributed by atoms with E-state index in [0.29, 0.717) is 11.0 Å². The second kappa shape index (κ2) is 8.20. The van der Waals surface area contributed by atoms with Crippen molar-refractivity contribution in [3.8, 4) is 0 Å². The van der Waals surface area contributed by atoms with E-state index in [4.69, 9.17) is 0 Å². The second-order valence-corrected chi connectivity index (χ2v) is 5.07. The van der Waals surface area contributed by atoms with E-state index in [9.17, 15) is 0 Å². The summed E-state index contributed by atoms with van der Waals surface area (Å²) in [4.78, 5) is 6.52. The summed E-state index contributed by atoms with van der Waals surface area (Å²) in [6.45, 7) is 19.2. The number of allylic oxidation sites excluding steroid dienone is 3. The number of thiol groups is 1. The van der Waals surface area contributed by atoms with Gasteiger partial charge in [-0.1, -0.05) is 40.0 Å². The summed E-state index contributed by atoms with van der Waals surface area (Å²) in [6.07, 6.45) is 3.08. The zero-order valence-corrected chi connectivity index (χ0v) is 13.2. The minimum Gasteiger partial charge on any atom is -0.344 e. The Bertz CT molecular complexity index is 365. The van der Waals surface area contributed by atoms with E-state index in [1.54, 1.807) is 0 Å². The Kier molecular flexibility index (Phi) is 7.76. The first-order valence-electron chi connectivity index (χ1n) is 6.41. The molecule has 0 spiro atoms. The molecule has 0 amide bonds. The van der Waals surface area contributed by atoms with Gasteiger partial charge in [0, 0.05) is 17.9 Å². The molecule has 0 aliphatic carbocycles. The molecule has 0 aliphatic rings. The molecule has 0 bridgehead atoms. The highest BCUT2D eigenvalue weighted by Gasteiger charge is 2.16. The van der Waals surface area contributed by atoms with Gasteiger partial charge in [0.05, 0.1) is 5.70 Å². The first kappa shape index (κ1) is 17.0. The first-order valence-corrected chi connectivity index (χ1v) is 6.86. The molecule has 0 fully saturated rings. The van der Waals surface area contributed by atoms with E-state index < -0.39 is 0 Å². The Morgan fingerprint density at radius 3 is 2.28 bits per heavy atom. The predicted molar refractivity (Wildman–Crippen MR) is 86.0 cm³/mol. The van der Waals surface area contributed by atoms with Crippen LogP contribution in [-0.4, -0.2) is 16.5 Å². The fourth-order valence-corrected chi connectivity index (χ4v) is 2.02. The highest BCUT2D eigenvalue weighted by Crippen LogP contribution is 2.22. The van der Waals surface area contributed by atoms with Crippen LogP contribution in [0.2, 0.25) is 0 Å². The number of aliphatic imine (C=N–C) groups is 1. The summed E-state index contributed by atoms with van der Waals surface area (Å²) in [5, 5.41) is 0.695. The van der Waals surface area contributed by atoms with Gasteiger partial charge in [0.15, 0.2) is 0 Å². The molecule has 0 aromatic carbocycles. The number of hydrogen-bond acceptors (Lipinski definition) is 2. The highest BCUT2D eigenvalue weighted by atomic mass is 32.1. The van der Waals surface area contributed by atoms with Gasteiger partial charge < -0.3 is 4.90 Å². The van der Waals surface area contributed by atoms with Crippen LogP contribution in [0.5, 0.6) is 0 Å². The molecule has 0 heterocycles. The van der Waals surface area contributed by atoms with Crippen molar-refractivity contribution >= 4 is 17.7 Å². The Morgan fingerprint density at radius 1 is 1.39 bits per heavy atom. The Labute approximate surface area is 118 Å². The van der Waals surface area contributed by atoms with Gasteiger partial charge in [-0.15, -0.1) is 12.6 Å². The molecule has 0 saturated carbocycles. The topological polar surface area (TPSA) is 15.6 Å². The van der Waals surface area contributed by atoms with Gasteiger partial charge in [-0.25, -0.2) is 4.99 Å². The van der Waals surface area contributed by atoms with E-state index in [1.165, 1.54) is 0 Å². The van der Waals surface area contributed by atoms with E-state index in [0.717, 1.165) is 30.1 Å². The summed E-state index contributed by atoms with van der Waals surface area (Å²) < 4.78 is 0. The fourth-order valence-electron chi connectivity index (χ4n) is 1.60. The molecule has 102 valence electrons. The van der Waals surface area contributed by atoms with Gasteiger partial charge in [0.1, 0.15) is 5.04 Å². The fraction of sp³-hybridized carbons (Fsp3) is 0.533. The zero-order chi connectivity index (χ0) is 14.3. The maximum atomic E-state index is 4.48. The molecule has 0 atom stereocenters. The summed E-state index contributed by atoms with van der Waals surface area (Å²) >= 11 is 4.48.